The lowest BCUT2D eigenvalue weighted by molar-refractivity contribution is -0.173. The van der Waals surface area contributed by atoms with Crippen molar-refractivity contribution in [3.05, 3.63) is 12.7 Å². The summed E-state index contributed by atoms with van der Waals surface area (Å²) in [6.07, 6.45) is 5.15. The van der Waals surface area contributed by atoms with E-state index in [4.69, 9.17) is 10.5 Å². The van der Waals surface area contributed by atoms with Crippen LogP contribution < -0.4 is 5.73 Å². The van der Waals surface area contributed by atoms with E-state index in [0.717, 1.165) is 6.42 Å². The highest BCUT2D eigenvalue weighted by molar-refractivity contribution is 5.81. The van der Waals surface area contributed by atoms with Gasteiger partial charge in [0.2, 0.25) is 0 Å². The van der Waals surface area contributed by atoms with E-state index >= 15 is 0 Å². The largest absolute Gasteiger partial charge is 0.393 e. The summed E-state index contributed by atoms with van der Waals surface area (Å²) in [4.78, 5) is 12.5. The molecule has 7 nitrogen and oxygen atoms in total. The number of ether oxygens (including phenoxy) is 1. The van der Waals surface area contributed by atoms with Crippen molar-refractivity contribution in [1.82, 2.24) is 19.5 Å². The topological polar surface area (TPSA) is 99.1 Å². The standard InChI is InChI=1S/C13H17N5O2/c1-7-2-9(20-13(7)3-8(19)4-13)18-6-17-10-11(14)15-5-16-12(10)18/h5-9,19H,2-4H2,1H3,(H2,14,15,16)/t7-,8-,9+,13+/m0/s1. The van der Waals surface area contributed by atoms with Crippen LogP contribution >= 0.6 is 0 Å². The van der Waals surface area contributed by atoms with E-state index in [1.807, 2.05) is 4.57 Å². The summed E-state index contributed by atoms with van der Waals surface area (Å²) >= 11 is 0. The van der Waals surface area contributed by atoms with Gasteiger partial charge in [0.1, 0.15) is 18.1 Å². The average molecular weight is 275 g/mol. The van der Waals surface area contributed by atoms with Gasteiger partial charge in [-0.2, -0.15) is 0 Å². The molecule has 4 rings (SSSR count). The highest BCUT2D eigenvalue weighted by atomic mass is 16.5. The van der Waals surface area contributed by atoms with Crippen LogP contribution in [0.1, 0.15) is 32.4 Å². The SMILES string of the molecule is C[C@H]1C[C@H](n2cnc3c(N)ncnc32)O[C@]12C[C@@H](O)C2. The van der Waals surface area contributed by atoms with Crippen molar-refractivity contribution >= 4 is 17.0 Å². The van der Waals surface area contributed by atoms with Crippen molar-refractivity contribution in [3.63, 3.8) is 0 Å². The van der Waals surface area contributed by atoms with E-state index in [2.05, 4.69) is 21.9 Å². The number of anilines is 1. The van der Waals surface area contributed by atoms with Gasteiger partial charge < -0.3 is 15.6 Å². The second kappa shape index (κ2) is 3.89. The second-order valence-corrected chi connectivity index (χ2v) is 5.92. The van der Waals surface area contributed by atoms with E-state index in [1.165, 1.54) is 6.33 Å². The second-order valence-electron chi connectivity index (χ2n) is 5.92. The first-order valence-corrected chi connectivity index (χ1v) is 6.88. The summed E-state index contributed by atoms with van der Waals surface area (Å²) in [5, 5.41) is 9.58. The van der Waals surface area contributed by atoms with Crippen LogP contribution in [0.5, 0.6) is 0 Å². The van der Waals surface area contributed by atoms with Gasteiger partial charge in [0.25, 0.3) is 0 Å². The summed E-state index contributed by atoms with van der Waals surface area (Å²) in [7, 11) is 0. The Labute approximate surface area is 115 Å². The first-order valence-electron chi connectivity index (χ1n) is 6.88. The monoisotopic (exact) mass is 275 g/mol. The van der Waals surface area contributed by atoms with Gasteiger partial charge in [0, 0.05) is 12.8 Å². The molecule has 20 heavy (non-hydrogen) atoms. The smallest absolute Gasteiger partial charge is 0.167 e. The number of fused-ring (bicyclic) bond motifs is 1. The Kier molecular flexibility index (Phi) is 2.34. The van der Waals surface area contributed by atoms with Crippen LogP contribution in [-0.2, 0) is 4.74 Å². The van der Waals surface area contributed by atoms with Crippen LogP contribution in [0, 0.1) is 5.92 Å². The van der Waals surface area contributed by atoms with Crippen molar-refractivity contribution in [2.45, 2.75) is 44.1 Å². The first kappa shape index (κ1) is 12.0. The van der Waals surface area contributed by atoms with Crippen LogP contribution in [0.3, 0.4) is 0 Å². The Morgan fingerprint density at radius 1 is 1.40 bits per heavy atom. The molecule has 3 N–H and O–H groups in total. The minimum Gasteiger partial charge on any atom is -0.393 e. The van der Waals surface area contributed by atoms with E-state index in [1.54, 1.807) is 6.33 Å². The third kappa shape index (κ3) is 1.50. The number of nitrogens with two attached hydrogens (primary N) is 1. The Balaban J connectivity index is 1.69. The van der Waals surface area contributed by atoms with E-state index in [0.29, 0.717) is 35.7 Å². The van der Waals surface area contributed by atoms with Crippen LogP contribution in [-0.4, -0.2) is 36.3 Å². The molecular formula is C13H17N5O2. The Morgan fingerprint density at radius 3 is 2.95 bits per heavy atom. The lowest BCUT2D eigenvalue weighted by Gasteiger charge is -2.44. The number of hydrogen-bond donors (Lipinski definition) is 2. The zero-order chi connectivity index (χ0) is 13.9. The summed E-state index contributed by atoms with van der Waals surface area (Å²) in [5.74, 6) is 0.793. The van der Waals surface area contributed by atoms with Crippen LogP contribution in [0.15, 0.2) is 12.7 Å². The molecular weight excluding hydrogens is 258 g/mol. The molecule has 0 aromatic carbocycles. The predicted molar refractivity (Wildman–Crippen MR) is 71.6 cm³/mol. The third-order valence-corrected chi connectivity index (χ3v) is 4.68. The number of aromatic nitrogens is 4. The summed E-state index contributed by atoms with van der Waals surface area (Å²) < 4.78 is 8.14. The number of imidazole rings is 1. The highest BCUT2D eigenvalue weighted by Crippen LogP contribution is 2.52. The molecule has 2 atom stereocenters. The maximum Gasteiger partial charge on any atom is 0.167 e. The van der Waals surface area contributed by atoms with Gasteiger partial charge in [0.15, 0.2) is 11.5 Å². The van der Waals surface area contributed by atoms with Gasteiger partial charge in [-0.25, -0.2) is 15.0 Å². The average Bonchev–Trinajstić information content (AvgIpc) is 2.92. The fourth-order valence-corrected chi connectivity index (χ4v) is 3.44. The van der Waals surface area contributed by atoms with Crippen LogP contribution in [0.25, 0.3) is 11.2 Å². The van der Waals surface area contributed by atoms with Crippen LogP contribution in [0.4, 0.5) is 5.82 Å². The minimum absolute atomic E-state index is 0.100. The maximum atomic E-state index is 9.58. The molecule has 2 aromatic heterocycles. The molecule has 1 aliphatic heterocycles. The summed E-state index contributed by atoms with van der Waals surface area (Å²) in [6, 6.07) is 0. The van der Waals surface area contributed by atoms with Crippen molar-refractivity contribution in [2.75, 3.05) is 5.73 Å². The number of nitrogen functional groups attached to an aromatic ring is 1. The molecule has 2 aromatic rings. The molecule has 0 unspecified atom stereocenters. The molecule has 0 radical (unpaired) electrons. The van der Waals surface area contributed by atoms with Gasteiger partial charge >= 0.3 is 0 Å². The van der Waals surface area contributed by atoms with E-state index < -0.39 is 0 Å². The molecule has 2 aliphatic rings. The zero-order valence-electron chi connectivity index (χ0n) is 11.2. The Bertz CT molecular complexity index is 664. The number of nitrogens with zero attached hydrogens (tertiary/aromatic N) is 4. The van der Waals surface area contributed by atoms with Crippen molar-refractivity contribution < 1.29 is 9.84 Å². The van der Waals surface area contributed by atoms with Gasteiger partial charge in [-0.3, -0.25) is 4.57 Å². The maximum absolute atomic E-state index is 9.58. The number of rotatable bonds is 1. The Morgan fingerprint density at radius 2 is 2.20 bits per heavy atom. The lowest BCUT2D eigenvalue weighted by Crippen LogP contribution is -2.50. The summed E-state index contributed by atoms with van der Waals surface area (Å²) in [6.45, 7) is 2.17. The molecule has 1 spiro atoms. The van der Waals surface area contributed by atoms with Crippen molar-refractivity contribution in [1.29, 1.82) is 0 Å². The molecule has 2 fully saturated rings. The predicted octanol–water partition coefficient (Wildman–Crippen LogP) is 0.857. The first-order chi connectivity index (χ1) is 9.59. The molecule has 3 heterocycles. The molecule has 0 amide bonds. The van der Waals surface area contributed by atoms with E-state index in [9.17, 15) is 5.11 Å². The molecule has 106 valence electrons. The van der Waals surface area contributed by atoms with E-state index in [-0.39, 0.29) is 17.9 Å². The molecule has 0 bridgehead atoms. The molecule has 7 heteroatoms. The molecule has 1 saturated heterocycles. The lowest BCUT2D eigenvalue weighted by atomic mass is 9.70. The number of aliphatic hydroxyl groups is 1. The molecule has 1 aliphatic carbocycles. The van der Waals surface area contributed by atoms with Gasteiger partial charge in [0.05, 0.1) is 18.0 Å². The zero-order valence-corrected chi connectivity index (χ0v) is 11.2. The molecule has 1 saturated carbocycles. The fraction of sp³-hybridized carbons (Fsp3) is 0.615. The van der Waals surface area contributed by atoms with Gasteiger partial charge in [-0.15, -0.1) is 0 Å². The number of aliphatic hydroxyl groups excluding tert-OH is 1. The fourth-order valence-electron chi connectivity index (χ4n) is 3.44. The van der Waals surface area contributed by atoms with Crippen LogP contribution in [0.2, 0.25) is 0 Å². The number of hydrogen-bond acceptors (Lipinski definition) is 6. The minimum atomic E-state index is -0.228. The van der Waals surface area contributed by atoms with Gasteiger partial charge in [-0.05, 0) is 12.3 Å². The Hall–Kier alpha value is -1.73. The quantitative estimate of drug-likeness (QED) is 0.800. The van der Waals surface area contributed by atoms with Crippen molar-refractivity contribution in [3.8, 4) is 0 Å². The summed E-state index contributed by atoms with van der Waals surface area (Å²) in [5.41, 5.74) is 6.93. The third-order valence-electron chi connectivity index (χ3n) is 4.68. The van der Waals surface area contributed by atoms with Gasteiger partial charge in [-0.1, -0.05) is 6.92 Å². The normalized spacial score (nSPS) is 36.6. The highest BCUT2D eigenvalue weighted by Gasteiger charge is 2.54. The van der Waals surface area contributed by atoms with Crippen molar-refractivity contribution in [2.24, 2.45) is 5.92 Å².